The van der Waals surface area contributed by atoms with Crippen LogP contribution in [0.25, 0.3) is 0 Å². The molecule has 0 bridgehead atoms. The molecule has 4 heteroatoms. The number of unbranched alkanes of at least 4 members (excludes halogenated alkanes) is 4. The number of carbonyl (C=O) groups is 1. The Morgan fingerprint density at radius 2 is 1.71 bits per heavy atom. The van der Waals surface area contributed by atoms with Crippen LogP contribution in [0.3, 0.4) is 0 Å². The molecule has 0 radical (unpaired) electrons. The molecule has 1 amide bonds. The van der Waals surface area contributed by atoms with Crippen LogP contribution in [-0.2, 0) is 4.79 Å². The van der Waals surface area contributed by atoms with Crippen LogP contribution in [0.4, 0.5) is 0 Å². The van der Waals surface area contributed by atoms with E-state index >= 15 is 0 Å². The number of primary amides is 1. The Morgan fingerprint density at radius 3 is 2.18 bits per heavy atom. The second kappa shape index (κ2) is 8.48. The molecule has 0 heterocycles. The quantitative estimate of drug-likeness (QED) is 0.512. The summed E-state index contributed by atoms with van der Waals surface area (Å²) in [7, 11) is 0. The van der Waals surface area contributed by atoms with Gasteiger partial charge >= 0.3 is 0 Å². The van der Waals surface area contributed by atoms with Crippen LogP contribution < -0.4 is 5.73 Å². The molecule has 0 saturated heterocycles. The SMILES string of the molecule is CCCCCC(O)C(O)(CCCCC)C(N)=O. The third kappa shape index (κ3) is 5.50. The number of hydrogen-bond donors (Lipinski definition) is 3. The van der Waals surface area contributed by atoms with E-state index in [2.05, 4.69) is 6.92 Å². The molecule has 102 valence electrons. The lowest BCUT2D eigenvalue weighted by molar-refractivity contribution is -0.151. The second-order valence-corrected chi connectivity index (χ2v) is 4.76. The molecule has 0 aliphatic carbocycles. The summed E-state index contributed by atoms with van der Waals surface area (Å²) in [6, 6.07) is 0. The van der Waals surface area contributed by atoms with Crippen molar-refractivity contribution in [2.75, 3.05) is 0 Å². The lowest BCUT2D eigenvalue weighted by Crippen LogP contribution is -2.53. The Balaban J connectivity index is 4.31. The van der Waals surface area contributed by atoms with Gasteiger partial charge in [-0.3, -0.25) is 4.79 Å². The predicted octanol–water partition coefficient (Wildman–Crippen LogP) is 1.72. The lowest BCUT2D eigenvalue weighted by Gasteiger charge is -2.30. The molecule has 4 nitrogen and oxygen atoms in total. The van der Waals surface area contributed by atoms with Gasteiger partial charge in [0.1, 0.15) is 0 Å². The van der Waals surface area contributed by atoms with Gasteiger partial charge in [-0.25, -0.2) is 0 Å². The first kappa shape index (κ1) is 16.4. The van der Waals surface area contributed by atoms with Crippen LogP contribution in [-0.4, -0.2) is 27.8 Å². The zero-order chi connectivity index (χ0) is 13.3. The fourth-order valence-electron chi connectivity index (χ4n) is 1.92. The molecule has 4 N–H and O–H groups in total. The lowest BCUT2D eigenvalue weighted by atomic mass is 9.86. The Kier molecular flexibility index (Phi) is 8.17. The summed E-state index contributed by atoms with van der Waals surface area (Å²) >= 11 is 0. The number of nitrogens with two attached hydrogens (primary N) is 1. The smallest absolute Gasteiger partial charge is 0.252 e. The van der Waals surface area contributed by atoms with Crippen molar-refractivity contribution in [2.24, 2.45) is 5.73 Å². The molecular formula is C13H27NO3. The van der Waals surface area contributed by atoms with Crippen molar-refractivity contribution < 1.29 is 15.0 Å². The van der Waals surface area contributed by atoms with E-state index in [1.165, 1.54) is 0 Å². The summed E-state index contributed by atoms with van der Waals surface area (Å²) in [5, 5.41) is 20.1. The van der Waals surface area contributed by atoms with E-state index in [9.17, 15) is 15.0 Å². The van der Waals surface area contributed by atoms with Crippen molar-refractivity contribution in [2.45, 2.75) is 76.9 Å². The van der Waals surface area contributed by atoms with Gasteiger partial charge in [-0.1, -0.05) is 46.0 Å². The highest BCUT2D eigenvalue weighted by Gasteiger charge is 2.40. The van der Waals surface area contributed by atoms with Crippen molar-refractivity contribution in [3.05, 3.63) is 0 Å². The van der Waals surface area contributed by atoms with E-state index < -0.39 is 17.6 Å². The van der Waals surface area contributed by atoms with Gasteiger partial charge in [0.15, 0.2) is 5.60 Å². The zero-order valence-electron chi connectivity index (χ0n) is 11.1. The highest BCUT2D eigenvalue weighted by Crippen LogP contribution is 2.23. The second-order valence-electron chi connectivity index (χ2n) is 4.76. The summed E-state index contributed by atoms with van der Waals surface area (Å²) < 4.78 is 0. The fraction of sp³-hybridized carbons (Fsp3) is 0.923. The molecule has 0 aromatic carbocycles. The van der Waals surface area contributed by atoms with Gasteiger partial charge in [-0.15, -0.1) is 0 Å². The number of aliphatic hydroxyl groups excluding tert-OH is 1. The molecule has 0 aliphatic rings. The van der Waals surface area contributed by atoms with E-state index in [0.717, 1.165) is 32.1 Å². The third-order valence-corrected chi connectivity index (χ3v) is 3.22. The van der Waals surface area contributed by atoms with Crippen molar-refractivity contribution >= 4 is 5.91 Å². The maximum absolute atomic E-state index is 11.3. The molecule has 0 aliphatic heterocycles. The average molecular weight is 245 g/mol. The van der Waals surface area contributed by atoms with Crippen molar-refractivity contribution in [3.63, 3.8) is 0 Å². The standard InChI is InChI=1S/C13H27NO3/c1-3-5-7-9-11(15)13(17,12(14)16)10-8-6-4-2/h11,15,17H,3-10H2,1-2H3,(H2,14,16). The summed E-state index contributed by atoms with van der Waals surface area (Å²) in [5.41, 5.74) is 3.46. The van der Waals surface area contributed by atoms with Crippen LogP contribution in [0.2, 0.25) is 0 Å². The number of hydrogen-bond acceptors (Lipinski definition) is 3. The van der Waals surface area contributed by atoms with Gasteiger partial charge in [0.05, 0.1) is 6.10 Å². The van der Waals surface area contributed by atoms with Crippen molar-refractivity contribution in [3.8, 4) is 0 Å². The molecule has 0 fully saturated rings. The Bertz CT molecular complexity index is 221. The first-order valence-electron chi connectivity index (χ1n) is 6.69. The van der Waals surface area contributed by atoms with Crippen LogP contribution in [0.15, 0.2) is 0 Å². The molecule has 17 heavy (non-hydrogen) atoms. The Morgan fingerprint density at radius 1 is 1.18 bits per heavy atom. The van der Waals surface area contributed by atoms with E-state index in [1.54, 1.807) is 0 Å². The van der Waals surface area contributed by atoms with Crippen molar-refractivity contribution in [1.82, 2.24) is 0 Å². The number of rotatable bonds is 10. The molecule has 0 aromatic heterocycles. The van der Waals surface area contributed by atoms with Crippen LogP contribution in [0.1, 0.15) is 65.2 Å². The van der Waals surface area contributed by atoms with Gasteiger partial charge < -0.3 is 15.9 Å². The van der Waals surface area contributed by atoms with E-state index in [0.29, 0.717) is 12.8 Å². The molecule has 0 spiro atoms. The number of carbonyl (C=O) groups excluding carboxylic acids is 1. The minimum Gasteiger partial charge on any atom is -0.390 e. The fourth-order valence-corrected chi connectivity index (χ4v) is 1.92. The minimum atomic E-state index is -1.75. The normalized spacial score (nSPS) is 16.5. The van der Waals surface area contributed by atoms with Crippen LogP contribution in [0, 0.1) is 0 Å². The first-order chi connectivity index (χ1) is 7.99. The number of amides is 1. The van der Waals surface area contributed by atoms with E-state index in [4.69, 9.17) is 5.73 Å². The maximum atomic E-state index is 11.3. The highest BCUT2D eigenvalue weighted by atomic mass is 16.4. The summed E-state index contributed by atoms with van der Waals surface area (Å²) in [6.45, 7) is 4.11. The molecule has 0 saturated carbocycles. The summed E-state index contributed by atoms with van der Waals surface area (Å²) in [6.07, 6.45) is 5.12. The number of aliphatic hydroxyl groups is 2. The highest BCUT2D eigenvalue weighted by molar-refractivity contribution is 5.83. The topological polar surface area (TPSA) is 83.6 Å². The Labute approximate surface area is 104 Å². The maximum Gasteiger partial charge on any atom is 0.252 e. The molecular weight excluding hydrogens is 218 g/mol. The van der Waals surface area contributed by atoms with Crippen LogP contribution >= 0.6 is 0 Å². The van der Waals surface area contributed by atoms with Crippen molar-refractivity contribution in [1.29, 1.82) is 0 Å². The molecule has 2 atom stereocenters. The molecule has 2 unspecified atom stereocenters. The monoisotopic (exact) mass is 245 g/mol. The van der Waals surface area contributed by atoms with E-state index in [1.807, 2.05) is 6.92 Å². The van der Waals surface area contributed by atoms with Gasteiger partial charge in [-0.2, -0.15) is 0 Å². The van der Waals surface area contributed by atoms with Gasteiger partial charge in [0.25, 0.3) is 5.91 Å². The van der Waals surface area contributed by atoms with Gasteiger partial charge in [-0.05, 0) is 19.3 Å². The van der Waals surface area contributed by atoms with E-state index in [-0.39, 0.29) is 6.42 Å². The summed E-state index contributed by atoms with van der Waals surface area (Å²) in [4.78, 5) is 11.3. The minimum absolute atomic E-state index is 0.253. The third-order valence-electron chi connectivity index (χ3n) is 3.22. The largest absolute Gasteiger partial charge is 0.390 e. The first-order valence-corrected chi connectivity index (χ1v) is 6.69. The summed E-state index contributed by atoms with van der Waals surface area (Å²) in [5.74, 6) is -0.808. The van der Waals surface area contributed by atoms with Crippen LogP contribution in [0.5, 0.6) is 0 Å². The molecule has 0 rings (SSSR count). The zero-order valence-corrected chi connectivity index (χ0v) is 11.1. The predicted molar refractivity (Wildman–Crippen MR) is 68.4 cm³/mol. The van der Waals surface area contributed by atoms with Gasteiger partial charge in [0.2, 0.25) is 0 Å². The Hall–Kier alpha value is -0.610. The molecule has 0 aromatic rings. The average Bonchev–Trinajstić information content (AvgIpc) is 2.29. The van der Waals surface area contributed by atoms with Gasteiger partial charge in [0, 0.05) is 0 Å².